The molecule has 1 saturated carbocycles. The minimum atomic E-state index is 0.228. The fourth-order valence-electron chi connectivity index (χ4n) is 2.55. The van der Waals surface area contributed by atoms with Gasteiger partial charge in [0.2, 0.25) is 5.91 Å². The molecule has 1 aliphatic rings. The molecule has 0 heterocycles. The Morgan fingerprint density at radius 1 is 1.33 bits per heavy atom. The molecule has 0 aromatic heterocycles. The van der Waals surface area contributed by atoms with E-state index in [1.54, 1.807) is 0 Å². The molecular formula is C14H28N2OS. The molecule has 106 valence electrons. The zero-order valence-corrected chi connectivity index (χ0v) is 12.6. The Morgan fingerprint density at radius 3 is 2.56 bits per heavy atom. The van der Waals surface area contributed by atoms with Crippen LogP contribution in [0, 0.1) is 5.92 Å². The smallest absolute Gasteiger partial charge is 0.220 e. The Bertz CT molecular complexity index is 240. The minimum Gasteiger partial charge on any atom is -0.353 e. The summed E-state index contributed by atoms with van der Waals surface area (Å²) in [6.07, 6.45) is 9.61. The van der Waals surface area contributed by atoms with E-state index in [4.69, 9.17) is 5.73 Å². The maximum Gasteiger partial charge on any atom is 0.220 e. The molecule has 1 aliphatic carbocycles. The van der Waals surface area contributed by atoms with Crippen molar-refractivity contribution in [1.29, 1.82) is 0 Å². The lowest BCUT2D eigenvalue weighted by Crippen LogP contribution is -2.38. The van der Waals surface area contributed by atoms with E-state index in [0.717, 1.165) is 37.5 Å². The van der Waals surface area contributed by atoms with Gasteiger partial charge in [-0.1, -0.05) is 6.92 Å². The highest BCUT2D eigenvalue weighted by Gasteiger charge is 2.21. The standard InChI is InChI=1S/C14H28N2OS/c1-11(9-10-15)3-8-14(17)16-12-4-6-13(18-2)7-5-12/h11-13H,3-10,15H2,1-2H3,(H,16,17). The van der Waals surface area contributed by atoms with Crippen LogP contribution in [-0.2, 0) is 4.79 Å². The van der Waals surface area contributed by atoms with E-state index in [1.807, 2.05) is 11.8 Å². The first-order chi connectivity index (χ1) is 8.65. The second-order valence-corrected chi connectivity index (χ2v) is 6.64. The molecule has 0 saturated heterocycles. The van der Waals surface area contributed by atoms with Crippen molar-refractivity contribution < 1.29 is 4.79 Å². The van der Waals surface area contributed by atoms with Gasteiger partial charge in [-0.3, -0.25) is 4.79 Å². The molecule has 1 amide bonds. The van der Waals surface area contributed by atoms with Gasteiger partial charge in [-0.25, -0.2) is 0 Å². The monoisotopic (exact) mass is 272 g/mol. The van der Waals surface area contributed by atoms with Crippen molar-refractivity contribution >= 4 is 17.7 Å². The van der Waals surface area contributed by atoms with Crippen molar-refractivity contribution in [2.24, 2.45) is 11.7 Å². The first-order valence-electron chi connectivity index (χ1n) is 7.18. The number of hydrogen-bond acceptors (Lipinski definition) is 3. The molecule has 3 nitrogen and oxygen atoms in total. The minimum absolute atomic E-state index is 0.228. The van der Waals surface area contributed by atoms with Crippen molar-refractivity contribution in [2.45, 2.75) is 63.2 Å². The van der Waals surface area contributed by atoms with E-state index < -0.39 is 0 Å². The Balaban J connectivity index is 2.13. The highest BCUT2D eigenvalue weighted by Crippen LogP contribution is 2.26. The van der Waals surface area contributed by atoms with Crippen LogP contribution in [0.4, 0.5) is 0 Å². The van der Waals surface area contributed by atoms with Gasteiger partial charge in [0, 0.05) is 17.7 Å². The lowest BCUT2D eigenvalue weighted by molar-refractivity contribution is -0.122. The number of nitrogens with two attached hydrogens (primary N) is 1. The Labute approximate surface area is 116 Å². The maximum atomic E-state index is 11.8. The van der Waals surface area contributed by atoms with E-state index in [1.165, 1.54) is 12.8 Å². The van der Waals surface area contributed by atoms with Crippen molar-refractivity contribution in [3.63, 3.8) is 0 Å². The van der Waals surface area contributed by atoms with E-state index in [0.29, 0.717) is 18.4 Å². The van der Waals surface area contributed by atoms with Crippen molar-refractivity contribution in [3.8, 4) is 0 Å². The van der Waals surface area contributed by atoms with Crippen LogP contribution in [0.5, 0.6) is 0 Å². The Hall–Kier alpha value is -0.220. The SMILES string of the molecule is CSC1CCC(NC(=O)CCC(C)CCN)CC1. The van der Waals surface area contributed by atoms with Gasteiger partial charge in [0.25, 0.3) is 0 Å². The maximum absolute atomic E-state index is 11.8. The molecule has 0 aromatic carbocycles. The molecule has 0 radical (unpaired) electrons. The molecular weight excluding hydrogens is 244 g/mol. The lowest BCUT2D eigenvalue weighted by atomic mass is 9.94. The Morgan fingerprint density at radius 2 is 2.00 bits per heavy atom. The molecule has 4 heteroatoms. The third-order valence-electron chi connectivity index (χ3n) is 3.90. The van der Waals surface area contributed by atoms with E-state index in [2.05, 4.69) is 18.5 Å². The zero-order chi connectivity index (χ0) is 13.4. The first-order valence-corrected chi connectivity index (χ1v) is 8.46. The number of carbonyl (C=O) groups excluding carboxylic acids is 1. The lowest BCUT2D eigenvalue weighted by Gasteiger charge is -2.28. The summed E-state index contributed by atoms with van der Waals surface area (Å²) in [5, 5.41) is 3.99. The van der Waals surface area contributed by atoms with Crippen LogP contribution in [0.25, 0.3) is 0 Å². The third kappa shape index (κ3) is 6.10. The van der Waals surface area contributed by atoms with Crippen LogP contribution < -0.4 is 11.1 Å². The van der Waals surface area contributed by atoms with Crippen molar-refractivity contribution in [2.75, 3.05) is 12.8 Å². The fourth-order valence-corrected chi connectivity index (χ4v) is 3.29. The number of hydrogen-bond donors (Lipinski definition) is 2. The van der Waals surface area contributed by atoms with Crippen LogP contribution in [0.1, 0.15) is 51.9 Å². The molecule has 1 unspecified atom stereocenters. The van der Waals surface area contributed by atoms with E-state index >= 15 is 0 Å². The molecule has 0 aromatic rings. The highest BCUT2D eigenvalue weighted by molar-refractivity contribution is 7.99. The average Bonchev–Trinajstić information content (AvgIpc) is 2.38. The first kappa shape index (κ1) is 15.8. The highest BCUT2D eigenvalue weighted by atomic mass is 32.2. The van der Waals surface area contributed by atoms with Gasteiger partial charge in [-0.05, 0) is 57.2 Å². The Kier molecular flexibility index (Phi) is 7.75. The largest absolute Gasteiger partial charge is 0.353 e. The summed E-state index contributed by atoms with van der Waals surface area (Å²) in [4.78, 5) is 11.8. The average molecular weight is 272 g/mol. The summed E-state index contributed by atoms with van der Waals surface area (Å²) in [7, 11) is 0. The third-order valence-corrected chi connectivity index (χ3v) is 5.03. The second-order valence-electron chi connectivity index (χ2n) is 5.50. The molecule has 0 aliphatic heterocycles. The topological polar surface area (TPSA) is 55.1 Å². The van der Waals surface area contributed by atoms with Crippen LogP contribution >= 0.6 is 11.8 Å². The van der Waals surface area contributed by atoms with E-state index in [-0.39, 0.29) is 5.91 Å². The molecule has 18 heavy (non-hydrogen) atoms. The van der Waals surface area contributed by atoms with Gasteiger partial charge in [0.05, 0.1) is 0 Å². The van der Waals surface area contributed by atoms with Gasteiger partial charge in [-0.15, -0.1) is 0 Å². The van der Waals surface area contributed by atoms with Gasteiger partial charge in [0.1, 0.15) is 0 Å². The summed E-state index contributed by atoms with van der Waals surface area (Å²) >= 11 is 1.96. The second kappa shape index (κ2) is 8.81. The number of amides is 1. The number of thioether (sulfide) groups is 1. The summed E-state index contributed by atoms with van der Waals surface area (Å²) in [5.41, 5.74) is 5.51. The summed E-state index contributed by atoms with van der Waals surface area (Å²) in [6, 6.07) is 0.422. The van der Waals surface area contributed by atoms with Gasteiger partial charge in [0.15, 0.2) is 0 Å². The molecule has 3 N–H and O–H groups in total. The van der Waals surface area contributed by atoms with Crippen LogP contribution in [-0.4, -0.2) is 30.0 Å². The van der Waals surface area contributed by atoms with Crippen LogP contribution in [0.3, 0.4) is 0 Å². The number of rotatable bonds is 7. The molecule has 1 rings (SSSR count). The van der Waals surface area contributed by atoms with Crippen molar-refractivity contribution in [3.05, 3.63) is 0 Å². The summed E-state index contributed by atoms with van der Waals surface area (Å²) in [6.45, 7) is 2.89. The summed E-state index contributed by atoms with van der Waals surface area (Å²) < 4.78 is 0. The quantitative estimate of drug-likeness (QED) is 0.749. The van der Waals surface area contributed by atoms with Crippen LogP contribution in [0.15, 0.2) is 0 Å². The molecule has 0 bridgehead atoms. The fraction of sp³-hybridized carbons (Fsp3) is 0.929. The zero-order valence-electron chi connectivity index (χ0n) is 11.8. The van der Waals surface area contributed by atoms with Gasteiger partial charge in [-0.2, -0.15) is 11.8 Å². The van der Waals surface area contributed by atoms with Crippen LogP contribution in [0.2, 0.25) is 0 Å². The normalized spacial score (nSPS) is 25.7. The summed E-state index contributed by atoms with van der Waals surface area (Å²) in [5.74, 6) is 0.791. The number of nitrogens with one attached hydrogen (secondary N) is 1. The van der Waals surface area contributed by atoms with Gasteiger partial charge < -0.3 is 11.1 Å². The van der Waals surface area contributed by atoms with Crippen molar-refractivity contribution in [1.82, 2.24) is 5.32 Å². The predicted molar refractivity (Wildman–Crippen MR) is 79.8 cm³/mol. The molecule has 1 fully saturated rings. The number of carbonyl (C=O) groups is 1. The molecule has 0 spiro atoms. The van der Waals surface area contributed by atoms with Gasteiger partial charge >= 0.3 is 0 Å². The molecule has 1 atom stereocenters. The van der Waals surface area contributed by atoms with E-state index in [9.17, 15) is 4.79 Å². The predicted octanol–water partition coefficient (Wildman–Crippen LogP) is 2.54.